The average molecular weight is 327 g/mol. The Balaban J connectivity index is 2.09. The third-order valence-corrected chi connectivity index (χ3v) is 4.73. The van der Waals surface area contributed by atoms with Crippen LogP contribution in [0.25, 0.3) is 10.9 Å². The van der Waals surface area contributed by atoms with E-state index in [0.29, 0.717) is 17.2 Å². The molecular weight excluding hydrogens is 302 g/mol. The highest BCUT2D eigenvalue weighted by Gasteiger charge is 2.24. The lowest BCUT2D eigenvalue weighted by molar-refractivity contribution is 0.0665. The zero-order valence-electron chi connectivity index (χ0n) is 14.9. The molecule has 0 N–H and O–H groups in total. The molecule has 128 valence electrons. The fraction of sp³-hybridized carbons (Fsp3) is 0.474. The van der Waals surface area contributed by atoms with Crippen molar-refractivity contribution in [1.82, 2.24) is 14.8 Å². The van der Waals surface area contributed by atoms with E-state index in [9.17, 15) is 4.79 Å². The van der Waals surface area contributed by atoms with Gasteiger partial charge in [0, 0.05) is 37.8 Å². The van der Waals surface area contributed by atoms with E-state index < -0.39 is 0 Å². The van der Waals surface area contributed by atoms with Gasteiger partial charge in [0.25, 0.3) is 5.91 Å². The van der Waals surface area contributed by atoms with Gasteiger partial charge >= 0.3 is 0 Å². The molecule has 0 bridgehead atoms. The first-order valence-electron chi connectivity index (χ1n) is 8.45. The quantitative estimate of drug-likeness (QED) is 0.870. The van der Waals surface area contributed by atoms with Crippen molar-refractivity contribution in [2.45, 2.75) is 19.8 Å². The second-order valence-electron chi connectivity index (χ2n) is 6.72. The molecule has 0 spiro atoms. The molecule has 0 unspecified atom stereocenters. The second-order valence-corrected chi connectivity index (χ2v) is 6.72. The maximum absolute atomic E-state index is 13.1. The predicted octanol–water partition coefficient (Wildman–Crippen LogP) is 2.75. The van der Waals surface area contributed by atoms with Gasteiger partial charge in [-0.05, 0) is 36.7 Å². The third kappa shape index (κ3) is 3.08. The van der Waals surface area contributed by atoms with Crippen LogP contribution in [-0.2, 0) is 0 Å². The van der Waals surface area contributed by atoms with Crippen molar-refractivity contribution in [3.8, 4) is 5.75 Å². The van der Waals surface area contributed by atoms with Crippen molar-refractivity contribution in [2.75, 3.05) is 40.3 Å². The van der Waals surface area contributed by atoms with Crippen molar-refractivity contribution < 1.29 is 9.53 Å². The first kappa shape index (κ1) is 16.7. The number of benzene rings is 1. The van der Waals surface area contributed by atoms with E-state index in [1.165, 1.54) is 5.56 Å². The van der Waals surface area contributed by atoms with Gasteiger partial charge in [-0.2, -0.15) is 0 Å². The summed E-state index contributed by atoms with van der Waals surface area (Å²) in [4.78, 5) is 21.8. The molecule has 0 aliphatic carbocycles. The molecule has 0 radical (unpaired) electrons. The summed E-state index contributed by atoms with van der Waals surface area (Å²) in [6, 6.07) is 5.83. The molecule has 1 aromatic carbocycles. The van der Waals surface area contributed by atoms with Crippen LogP contribution in [0, 0.1) is 0 Å². The molecule has 1 aliphatic rings. The molecule has 3 rings (SSSR count). The van der Waals surface area contributed by atoms with E-state index in [0.717, 1.165) is 37.1 Å². The average Bonchev–Trinajstić information content (AvgIpc) is 2.60. The molecule has 2 aromatic rings. The van der Waals surface area contributed by atoms with Gasteiger partial charge in [-0.15, -0.1) is 0 Å². The summed E-state index contributed by atoms with van der Waals surface area (Å²) in [5.74, 6) is 1.10. The lowest BCUT2D eigenvalue weighted by atomic mass is 9.96. The number of carbonyl (C=O) groups excluding carboxylic acids is 1. The van der Waals surface area contributed by atoms with Crippen LogP contribution in [0.2, 0.25) is 0 Å². The van der Waals surface area contributed by atoms with Gasteiger partial charge in [0.05, 0.1) is 18.2 Å². The number of hydrogen-bond acceptors (Lipinski definition) is 4. The van der Waals surface area contributed by atoms with Crippen LogP contribution >= 0.6 is 0 Å². The molecular formula is C19H25N3O2. The van der Waals surface area contributed by atoms with Crippen LogP contribution in [-0.4, -0.2) is 61.0 Å². The number of aromatic nitrogens is 1. The fourth-order valence-electron chi connectivity index (χ4n) is 3.21. The number of carbonyl (C=O) groups is 1. The fourth-order valence-corrected chi connectivity index (χ4v) is 3.21. The van der Waals surface area contributed by atoms with Crippen LogP contribution in [0.5, 0.6) is 5.75 Å². The van der Waals surface area contributed by atoms with Crippen molar-refractivity contribution >= 4 is 16.8 Å². The van der Waals surface area contributed by atoms with Crippen molar-refractivity contribution in [2.24, 2.45) is 0 Å². The molecule has 5 nitrogen and oxygen atoms in total. The van der Waals surface area contributed by atoms with Gasteiger partial charge < -0.3 is 14.5 Å². The molecule has 1 amide bonds. The van der Waals surface area contributed by atoms with E-state index >= 15 is 0 Å². The topological polar surface area (TPSA) is 45.7 Å². The number of fused-ring (bicyclic) bond motifs is 1. The Hall–Kier alpha value is -2.14. The van der Waals surface area contributed by atoms with E-state index in [2.05, 4.69) is 30.8 Å². The molecule has 2 heterocycles. The predicted molar refractivity (Wildman–Crippen MR) is 95.8 cm³/mol. The maximum atomic E-state index is 13.1. The summed E-state index contributed by atoms with van der Waals surface area (Å²) in [6.07, 6.45) is 1.80. The van der Waals surface area contributed by atoms with E-state index in [-0.39, 0.29) is 5.91 Å². The Kier molecular flexibility index (Phi) is 4.71. The summed E-state index contributed by atoms with van der Waals surface area (Å²) in [5, 5.41) is 1.00. The van der Waals surface area contributed by atoms with Crippen LogP contribution in [0.1, 0.15) is 35.7 Å². The summed E-state index contributed by atoms with van der Waals surface area (Å²) < 4.78 is 5.45. The minimum absolute atomic E-state index is 0.0420. The Morgan fingerprint density at radius 1 is 1.21 bits per heavy atom. The van der Waals surface area contributed by atoms with E-state index in [1.807, 2.05) is 23.1 Å². The highest BCUT2D eigenvalue weighted by atomic mass is 16.5. The van der Waals surface area contributed by atoms with Crippen LogP contribution in [0.4, 0.5) is 0 Å². The Bertz CT molecular complexity index is 750. The Morgan fingerprint density at radius 3 is 2.54 bits per heavy atom. The van der Waals surface area contributed by atoms with Crippen LogP contribution < -0.4 is 4.74 Å². The number of likely N-dealkylation sites (N-methyl/N-ethyl adjacent to an activating group) is 1. The maximum Gasteiger partial charge on any atom is 0.256 e. The van der Waals surface area contributed by atoms with Crippen LogP contribution in [0.3, 0.4) is 0 Å². The molecule has 1 aliphatic heterocycles. The number of hydrogen-bond donors (Lipinski definition) is 0. The summed E-state index contributed by atoms with van der Waals surface area (Å²) >= 11 is 0. The number of piperazine rings is 1. The smallest absolute Gasteiger partial charge is 0.256 e. The van der Waals surface area contributed by atoms with Gasteiger partial charge in [-0.1, -0.05) is 13.8 Å². The van der Waals surface area contributed by atoms with Gasteiger partial charge in [0.2, 0.25) is 0 Å². The number of nitrogens with zero attached hydrogens (tertiary/aromatic N) is 3. The Morgan fingerprint density at radius 2 is 1.92 bits per heavy atom. The third-order valence-electron chi connectivity index (χ3n) is 4.73. The second kappa shape index (κ2) is 6.77. The Labute approximate surface area is 143 Å². The van der Waals surface area contributed by atoms with Gasteiger partial charge in [-0.3, -0.25) is 9.78 Å². The summed E-state index contributed by atoms with van der Waals surface area (Å²) in [6.45, 7) is 7.60. The molecule has 1 saturated heterocycles. The SMILES string of the molecule is COc1cc(C(=O)N2CCN(C)CC2)c2nccc(C(C)C)c2c1. The monoisotopic (exact) mass is 327 g/mol. The summed E-state index contributed by atoms with van der Waals surface area (Å²) in [7, 11) is 3.72. The normalized spacial score (nSPS) is 16.0. The van der Waals surface area contributed by atoms with Gasteiger partial charge in [0.1, 0.15) is 5.75 Å². The zero-order valence-corrected chi connectivity index (χ0v) is 14.9. The highest BCUT2D eigenvalue weighted by Crippen LogP contribution is 2.31. The van der Waals surface area contributed by atoms with Crippen LogP contribution in [0.15, 0.2) is 24.4 Å². The first-order valence-corrected chi connectivity index (χ1v) is 8.45. The molecule has 0 saturated carbocycles. The number of pyridine rings is 1. The van der Waals surface area contributed by atoms with E-state index in [4.69, 9.17) is 4.74 Å². The van der Waals surface area contributed by atoms with Crippen molar-refractivity contribution in [3.63, 3.8) is 0 Å². The molecule has 1 fully saturated rings. The number of amides is 1. The lowest BCUT2D eigenvalue weighted by Gasteiger charge is -2.32. The minimum Gasteiger partial charge on any atom is -0.497 e. The molecule has 1 aromatic heterocycles. The van der Waals surface area contributed by atoms with Crippen molar-refractivity contribution in [3.05, 3.63) is 35.5 Å². The first-order chi connectivity index (χ1) is 11.5. The largest absolute Gasteiger partial charge is 0.497 e. The van der Waals surface area contributed by atoms with E-state index in [1.54, 1.807) is 13.3 Å². The number of methoxy groups -OCH3 is 1. The minimum atomic E-state index is 0.0420. The van der Waals surface area contributed by atoms with Gasteiger partial charge in [0.15, 0.2) is 0 Å². The highest BCUT2D eigenvalue weighted by molar-refractivity contribution is 6.07. The molecule has 5 heteroatoms. The standard InChI is InChI=1S/C19H25N3O2/c1-13(2)15-5-6-20-18-16(15)11-14(24-4)12-17(18)19(23)22-9-7-21(3)8-10-22/h5-6,11-13H,7-10H2,1-4H3. The number of ether oxygens (including phenoxy) is 1. The van der Waals surface area contributed by atoms with Gasteiger partial charge in [-0.25, -0.2) is 0 Å². The van der Waals surface area contributed by atoms with Crippen molar-refractivity contribution in [1.29, 1.82) is 0 Å². The molecule has 24 heavy (non-hydrogen) atoms. The lowest BCUT2D eigenvalue weighted by Crippen LogP contribution is -2.47. The molecule has 0 atom stereocenters. The zero-order chi connectivity index (χ0) is 17.3. The number of rotatable bonds is 3. The summed E-state index contributed by atoms with van der Waals surface area (Å²) in [5.41, 5.74) is 2.59.